The molecule has 50 valence electrons. The van der Waals surface area contributed by atoms with Crippen LogP contribution in [-0.2, 0) is 0 Å². The van der Waals surface area contributed by atoms with Gasteiger partial charge in [-0.2, -0.15) is 4.99 Å². The second-order valence-corrected chi connectivity index (χ2v) is 1.79. The third-order valence-corrected chi connectivity index (χ3v) is 0.710. The van der Waals surface area contributed by atoms with E-state index in [1.807, 2.05) is 0 Å². The third kappa shape index (κ3) is 5.76. The van der Waals surface area contributed by atoms with Crippen LogP contribution in [0.1, 0.15) is 0 Å². The molecule has 0 saturated carbocycles. The highest BCUT2D eigenvalue weighted by Gasteiger charge is 1.88. The summed E-state index contributed by atoms with van der Waals surface area (Å²) in [5.74, 6) is 0. The number of halogens is 3. The van der Waals surface area contributed by atoms with Gasteiger partial charge in [0.25, 0.3) is 0 Å². The molecule has 0 saturated heterocycles. The Morgan fingerprint density at radius 1 is 1.44 bits per heavy atom. The van der Waals surface area contributed by atoms with Gasteiger partial charge < -0.3 is 0 Å². The molecule has 0 aromatic rings. The van der Waals surface area contributed by atoms with Crippen LogP contribution in [0.15, 0.2) is 9.98 Å². The zero-order chi connectivity index (χ0) is 7.28. The number of hydrogen-bond acceptors (Lipinski definition) is 1. The predicted octanol–water partition coefficient (Wildman–Crippen LogP) is 2.02. The molecule has 1 N–H and O–H groups in total. The summed E-state index contributed by atoms with van der Waals surface area (Å²) in [7, 11) is 0. The normalized spacial score (nSPS) is 12.6. The zero-order valence-corrected chi connectivity index (χ0v) is 6.37. The van der Waals surface area contributed by atoms with E-state index in [9.17, 15) is 0 Å². The molecule has 0 heterocycles. The monoisotopic (exact) mass is 185 g/mol. The molecule has 0 bridgehead atoms. The fourth-order valence-electron chi connectivity index (χ4n) is 0.150. The van der Waals surface area contributed by atoms with E-state index in [0.29, 0.717) is 0 Å². The average molecular weight is 186 g/mol. The van der Waals surface area contributed by atoms with Gasteiger partial charge in [-0.15, -0.1) is 0 Å². The minimum atomic E-state index is -0.428. The maximum Gasteiger partial charge on any atom is 0.225 e. The van der Waals surface area contributed by atoms with Gasteiger partial charge in [0.1, 0.15) is 0 Å². The topological polar surface area (TPSA) is 48.6 Å². The van der Waals surface area contributed by atoms with Crippen molar-refractivity contribution in [3.05, 3.63) is 0 Å². The average Bonchev–Trinajstić information content (AvgIpc) is 1.63. The molecule has 0 unspecified atom stereocenters. The molecule has 0 radical (unpaired) electrons. The van der Waals surface area contributed by atoms with E-state index in [4.69, 9.17) is 40.2 Å². The molecule has 6 heteroatoms. The van der Waals surface area contributed by atoms with E-state index in [1.165, 1.54) is 0 Å². The number of nitrogens with zero attached hydrogens (tertiary/aromatic N) is 2. The van der Waals surface area contributed by atoms with Crippen molar-refractivity contribution < 1.29 is 0 Å². The van der Waals surface area contributed by atoms with Crippen LogP contribution in [0.25, 0.3) is 0 Å². The fraction of sp³-hybridized carbons (Fsp3) is 0. The number of hydrogen-bond donors (Lipinski definition) is 1. The summed E-state index contributed by atoms with van der Waals surface area (Å²) in [6, 6.07) is 0. The van der Waals surface area contributed by atoms with Gasteiger partial charge in [-0.25, -0.2) is 4.99 Å². The third-order valence-electron chi connectivity index (χ3n) is 0.346. The summed E-state index contributed by atoms with van der Waals surface area (Å²) in [6.45, 7) is 0. The Morgan fingerprint density at radius 2 is 2.00 bits per heavy atom. The Labute approximate surface area is 66.9 Å². The van der Waals surface area contributed by atoms with Crippen LogP contribution < -0.4 is 0 Å². The van der Waals surface area contributed by atoms with Gasteiger partial charge in [0.15, 0.2) is 0 Å². The first-order chi connectivity index (χ1) is 4.16. The maximum absolute atomic E-state index is 6.58. The molecule has 0 aliphatic rings. The van der Waals surface area contributed by atoms with Gasteiger partial charge in [-0.3, -0.25) is 5.41 Å². The van der Waals surface area contributed by atoms with Gasteiger partial charge in [0.05, 0.1) is 5.67 Å². The van der Waals surface area contributed by atoms with Gasteiger partial charge in [0, 0.05) is 0 Å². The Bertz CT molecular complexity index is 162. The lowest BCUT2D eigenvalue weighted by molar-refractivity contribution is 1.49. The molecule has 0 rings (SSSR count). The van der Waals surface area contributed by atoms with Crippen molar-refractivity contribution >= 4 is 51.1 Å². The van der Waals surface area contributed by atoms with Gasteiger partial charge in [0.2, 0.25) is 10.6 Å². The minimum absolute atomic E-state index is 0.162. The molecule has 3 nitrogen and oxygen atoms in total. The quantitative estimate of drug-likeness (QED) is 0.342. The van der Waals surface area contributed by atoms with E-state index >= 15 is 0 Å². The van der Waals surface area contributed by atoms with Crippen LogP contribution in [-0.4, -0.2) is 16.3 Å². The molecule has 9 heavy (non-hydrogen) atoms. The van der Waals surface area contributed by atoms with Crippen molar-refractivity contribution in [1.82, 2.24) is 0 Å². The van der Waals surface area contributed by atoms with E-state index in [0.717, 1.165) is 5.67 Å². The standard InChI is InChI=1S/C3H2Cl3N3/c4-1-8-3(6)9-2(5)7/h1,7H/b7-2?,8-1+,9-3-. The van der Waals surface area contributed by atoms with Gasteiger partial charge in [-0.1, -0.05) is 11.6 Å². The maximum atomic E-state index is 6.58. The van der Waals surface area contributed by atoms with Crippen molar-refractivity contribution in [2.75, 3.05) is 0 Å². The van der Waals surface area contributed by atoms with E-state index in [2.05, 4.69) is 9.98 Å². The Hall–Kier alpha value is -0.120. The summed E-state index contributed by atoms with van der Waals surface area (Å²) in [4.78, 5) is 6.51. The first kappa shape index (κ1) is 8.88. The van der Waals surface area contributed by atoms with Crippen LogP contribution in [0.3, 0.4) is 0 Å². The molecule has 0 fully saturated rings. The lowest BCUT2D eigenvalue weighted by Crippen LogP contribution is -1.84. The Morgan fingerprint density at radius 3 is 2.33 bits per heavy atom. The molecule has 0 aromatic heterocycles. The Kier molecular flexibility index (Phi) is 4.67. The van der Waals surface area contributed by atoms with Crippen LogP contribution in [0.5, 0.6) is 0 Å². The molecular weight excluding hydrogens is 184 g/mol. The summed E-state index contributed by atoms with van der Waals surface area (Å²) in [5, 5.41) is 5.99. The van der Waals surface area contributed by atoms with Gasteiger partial charge >= 0.3 is 0 Å². The molecule has 0 aliphatic carbocycles. The second kappa shape index (κ2) is 4.73. The first-order valence-corrected chi connectivity index (χ1v) is 2.97. The minimum Gasteiger partial charge on any atom is -0.272 e. The summed E-state index contributed by atoms with van der Waals surface area (Å²) < 4.78 is 0. The van der Waals surface area contributed by atoms with Crippen LogP contribution >= 0.6 is 34.8 Å². The Balaban J connectivity index is 4.00. The molecule has 0 amide bonds. The van der Waals surface area contributed by atoms with Crippen molar-refractivity contribution in [3.8, 4) is 0 Å². The molecular formula is C3H2Cl3N3. The molecule has 0 spiro atoms. The number of amidine groups is 2. The smallest absolute Gasteiger partial charge is 0.225 e. The van der Waals surface area contributed by atoms with E-state index in [1.54, 1.807) is 0 Å². The van der Waals surface area contributed by atoms with Gasteiger partial charge in [-0.05, 0) is 23.2 Å². The SMILES string of the molecule is N=C(Cl)/N=C(Cl)\N=C\Cl. The highest BCUT2D eigenvalue weighted by atomic mass is 35.5. The van der Waals surface area contributed by atoms with E-state index in [-0.39, 0.29) is 5.29 Å². The lowest BCUT2D eigenvalue weighted by atomic mass is 11.1. The fourth-order valence-corrected chi connectivity index (χ4v) is 0.549. The molecule has 0 aliphatic heterocycles. The number of aliphatic imine (C=N–C) groups is 2. The van der Waals surface area contributed by atoms with Crippen molar-refractivity contribution in [2.24, 2.45) is 9.98 Å². The predicted molar refractivity (Wildman–Crippen MR) is 41.2 cm³/mol. The van der Waals surface area contributed by atoms with E-state index < -0.39 is 5.29 Å². The highest BCUT2D eigenvalue weighted by molar-refractivity contribution is 6.72. The summed E-state index contributed by atoms with van der Waals surface area (Å²) in [6.07, 6.45) is 0. The number of nitrogens with one attached hydrogen (secondary N) is 1. The second-order valence-electron chi connectivity index (χ2n) is 0.898. The molecule has 0 aromatic carbocycles. The first-order valence-electron chi connectivity index (χ1n) is 1.78. The highest BCUT2D eigenvalue weighted by Crippen LogP contribution is 1.91. The largest absolute Gasteiger partial charge is 0.272 e. The molecule has 0 atom stereocenters. The van der Waals surface area contributed by atoms with Crippen molar-refractivity contribution in [2.45, 2.75) is 0 Å². The summed E-state index contributed by atoms with van der Waals surface area (Å²) >= 11 is 15.2. The van der Waals surface area contributed by atoms with Crippen molar-refractivity contribution in [1.29, 1.82) is 5.41 Å². The van der Waals surface area contributed by atoms with Crippen LogP contribution in [0.4, 0.5) is 0 Å². The summed E-state index contributed by atoms with van der Waals surface area (Å²) in [5.41, 5.74) is 0.936. The number of rotatable bonds is 0. The van der Waals surface area contributed by atoms with Crippen molar-refractivity contribution in [3.63, 3.8) is 0 Å². The lowest BCUT2D eigenvalue weighted by Gasteiger charge is -1.81. The zero-order valence-electron chi connectivity index (χ0n) is 4.11. The van der Waals surface area contributed by atoms with Crippen LogP contribution in [0, 0.1) is 5.41 Å². The van der Waals surface area contributed by atoms with Crippen LogP contribution in [0.2, 0.25) is 0 Å².